The third-order valence-corrected chi connectivity index (χ3v) is 2.88. The van der Waals surface area contributed by atoms with Crippen LogP contribution < -0.4 is 5.32 Å². The highest BCUT2D eigenvalue weighted by atomic mass is 19.4. The van der Waals surface area contributed by atoms with E-state index in [1.807, 2.05) is 6.07 Å². The normalized spacial score (nSPS) is 13.0. The molecule has 1 nitrogen and oxygen atoms in total. The molecule has 1 unspecified atom stereocenters. The quantitative estimate of drug-likeness (QED) is 0.861. The number of benzene rings is 2. The topological polar surface area (TPSA) is 12.0 Å². The standard InChI is InChI=1S/C15H14F3N/c16-15(17,18)14(12-7-3-1-4-8-12)11-19-13-9-5-2-6-10-13/h1-10,14,19H,11H2. The number of halogens is 3. The summed E-state index contributed by atoms with van der Waals surface area (Å²) in [5.74, 6) is -1.51. The summed E-state index contributed by atoms with van der Waals surface area (Å²) in [4.78, 5) is 0. The van der Waals surface area contributed by atoms with Gasteiger partial charge in [0.15, 0.2) is 0 Å². The Labute approximate surface area is 110 Å². The maximum absolute atomic E-state index is 13.1. The predicted molar refractivity (Wildman–Crippen MR) is 70.2 cm³/mol. The lowest BCUT2D eigenvalue weighted by molar-refractivity contribution is -0.147. The largest absolute Gasteiger partial charge is 0.397 e. The molecule has 0 aliphatic carbocycles. The summed E-state index contributed by atoms with van der Waals surface area (Å²) in [5, 5.41) is 2.83. The van der Waals surface area contributed by atoms with Crippen LogP contribution in [0.5, 0.6) is 0 Å². The van der Waals surface area contributed by atoms with Gasteiger partial charge in [0, 0.05) is 12.2 Å². The van der Waals surface area contributed by atoms with Gasteiger partial charge < -0.3 is 5.32 Å². The van der Waals surface area contributed by atoms with Crippen molar-refractivity contribution in [2.24, 2.45) is 0 Å². The lowest BCUT2D eigenvalue weighted by Gasteiger charge is -2.21. The van der Waals surface area contributed by atoms with E-state index in [0.29, 0.717) is 5.69 Å². The molecule has 0 heterocycles. The number of alkyl halides is 3. The predicted octanol–water partition coefficient (Wildman–Crippen LogP) is 4.44. The summed E-state index contributed by atoms with van der Waals surface area (Å²) >= 11 is 0. The van der Waals surface area contributed by atoms with E-state index < -0.39 is 12.1 Å². The number of nitrogens with one attached hydrogen (secondary N) is 1. The van der Waals surface area contributed by atoms with Crippen LogP contribution in [-0.4, -0.2) is 12.7 Å². The Balaban J connectivity index is 2.12. The van der Waals surface area contributed by atoms with Gasteiger partial charge in [0.05, 0.1) is 5.92 Å². The van der Waals surface area contributed by atoms with Crippen LogP contribution in [0.2, 0.25) is 0 Å². The smallest absolute Gasteiger partial charge is 0.384 e. The second-order valence-electron chi connectivity index (χ2n) is 4.25. The number of rotatable bonds is 4. The van der Waals surface area contributed by atoms with Crippen LogP contribution in [0.25, 0.3) is 0 Å². The molecule has 0 saturated carbocycles. The van der Waals surface area contributed by atoms with Gasteiger partial charge in [-0.15, -0.1) is 0 Å². The molecule has 0 amide bonds. The summed E-state index contributed by atoms with van der Waals surface area (Å²) in [6, 6.07) is 16.9. The maximum Gasteiger partial charge on any atom is 0.397 e. The molecule has 0 aliphatic rings. The summed E-state index contributed by atoms with van der Waals surface area (Å²) in [5.41, 5.74) is 0.964. The van der Waals surface area contributed by atoms with Crippen LogP contribution >= 0.6 is 0 Å². The first-order valence-corrected chi connectivity index (χ1v) is 5.98. The van der Waals surface area contributed by atoms with E-state index >= 15 is 0 Å². The van der Waals surface area contributed by atoms with Gasteiger partial charge in [-0.2, -0.15) is 13.2 Å². The van der Waals surface area contributed by atoms with Crippen LogP contribution in [0, 0.1) is 0 Å². The average molecular weight is 265 g/mol. The van der Waals surface area contributed by atoms with Crippen LogP contribution in [0.3, 0.4) is 0 Å². The van der Waals surface area contributed by atoms with Crippen molar-refractivity contribution in [3.63, 3.8) is 0 Å². The average Bonchev–Trinajstić information content (AvgIpc) is 2.40. The van der Waals surface area contributed by atoms with Crippen LogP contribution in [-0.2, 0) is 0 Å². The second kappa shape index (κ2) is 5.78. The van der Waals surface area contributed by atoms with E-state index in [2.05, 4.69) is 5.32 Å². The molecule has 0 radical (unpaired) electrons. The van der Waals surface area contributed by atoms with Crippen LogP contribution in [0.1, 0.15) is 11.5 Å². The fourth-order valence-corrected chi connectivity index (χ4v) is 1.88. The first-order chi connectivity index (χ1) is 9.07. The fraction of sp³-hybridized carbons (Fsp3) is 0.200. The van der Waals surface area contributed by atoms with Crippen molar-refractivity contribution in [3.05, 3.63) is 66.2 Å². The van der Waals surface area contributed by atoms with Crippen LogP contribution in [0.4, 0.5) is 18.9 Å². The van der Waals surface area contributed by atoms with E-state index in [4.69, 9.17) is 0 Å². The highest BCUT2D eigenvalue weighted by molar-refractivity contribution is 5.43. The molecular weight excluding hydrogens is 251 g/mol. The Hall–Kier alpha value is -1.97. The van der Waals surface area contributed by atoms with Gasteiger partial charge >= 0.3 is 6.18 Å². The molecule has 1 N–H and O–H groups in total. The lowest BCUT2D eigenvalue weighted by atomic mass is 9.98. The zero-order valence-electron chi connectivity index (χ0n) is 10.2. The third kappa shape index (κ3) is 3.74. The van der Waals surface area contributed by atoms with Gasteiger partial charge in [0.2, 0.25) is 0 Å². The van der Waals surface area contributed by atoms with Gasteiger partial charge in [-0.25, -0.2) is 0 Å². The Morgan fingerprint density at radius 2 is 1.37 bits per heavy atom. The number of hydrogen-bond acceptors (Lipinski definition) is 1. The molecule has 0 spiro atoms. The molecule has 2 rings (SSSR count). The minimum atomic E-state index is -4.26. The Morgan fingerprint density at radius 1 is 0.842 bits per heavy atom. The SMILES string of the molecule is FC(F)(F)C(CNc1ccccc1)c1ccccc1. The summed E-state index contributed by atoms with van der Waals surface area (Å²) in [6.07, 6.45) is -4.26. The summed E-state index contributed by atoms with van der Waals surface area (Å²) in [7, 11) is 0. The third-order valence-electron chi connectivity index (χ3n) is 2.88. The van der Waals surface area contributed by atoms with E-state index in [1.54, 1.807) is 42.5 Å². The zero-order chi connectivity index (χ0) is 13.7. The molecule has 0 aromatic heterocycles. The molecular formula is C15H14F3N. The molecule has 0 bridgehead atoms. The van der Waals surface area contributed by atoms with E-state index in [9.17, 15) is 13.2 Å². The van der Waals surface area contributed by atoms with Crippen molar-refractivity contribution in [1.29, 1.82) is 0 Å². The van der Waals surface area contributed by atoms with Gasteiger partial charge in [0.1, 0.15) is 0 Å². The highest BCUT2D eigenvalue weighted by Gasteiger charge is 2.40. The number of hydrogen-bond donors (Lipinski definition) is 1. The lowest BCUT2D eigenvalue weighted by Crippen LogP contribution is -2.27. The summed E-state index contributed by atoms with van der Waals surface area (Å²) < 4.78 is 39.2. The van der Waals surface area contributed by atoms with Crippen molar-refractivity contribution < 1.29 is 13.2 Å². The van der Waals surface area contributed by atoms with E-state index in [1.165, 1.54) is 12.1 Å². The van der Waals surface area contributed by atoms with Crippen molar-refractivity contribution in [2.75, 3.05) is 11.9 Å². The Morgan fingerprint density at radius 3 is 1.89 bits per heavy atom. The Bertz CT molecular complexity index is 494. The number of para-hydroxylation sites is 1. The monoisotopic (exact) mass is 265 g/mol. The molecule has 100 valence electrons. The van der Waals surface area contributed by atoms with Gasteiger partial charge in [-0.05, 0) is 17.7 Å². The maximum atomic E-state index is 13.1. The fourth-order valence-electron chi connectivity index (χ4n) is 1.88. The molecule has 0 aliphatic heterocycles. The minimum absolute atomic E-state index is 0.169. The van der Waals surface area contributed by atoms with E-state index in [0.717, 1.165) is 0 Å². The highest BCUT2D eigenvalue weighted by Crippen LogP contribution is 2.34. The zero-order valence-corrected chi connectivity index (χ0v) is 10.2. The molecule has 2 aromatic rings. The molecule has 4 heteroatoms. The second-order valence-corrected chi connectivity index (χ2v) is 4.25. The molecule has 2 aromatic carbocycles. The first kappa shape index (κ1) is 13.5. The first-order valence-electron chi connectivity index (χ1n) is 5.98. The van der Waals surface area contributed by atoms with E-state index in [-0.39, 0.29) is 12.1 Å². The minimum Gasteiger partial charge on any atom is -0.384 e. The van der Waals surface area contributed by atoms with Crippen molar-refractivity contribution >= 4 is 5.69 Å². The summed E-state index contributed by atoms with van der Waals surface area (Å²) in [6.45, 7) is -0.169. The van der Waals surface area contributed by atoms with Crippen molar-refractivity contribution in [2.45, 2.75) is 12.1 Å². The molecule has 1 atom stereocenters. The Kier molecular flexibility index (Phi) is 4.10. The van der Waals surface area contributed by atoms with Gasteiger partial charge in [-0.3, -0.25) is 0 Å². The molecule has 0 saturated heterocycles. The van der Waals surface area contributed by atoms with Crippen molar-refractivity contribution in [1.82, 2.24) is 0 Å². The van der Waals surface area contributed by atoms with Crippen LogP contribution in [0.15, 0.2) is 60.7 Å². The van der Waals surface area contributed by atoms with Gasteiger partial charge in [-0.1, -0.05) is 48.5 Å². The molecule has 19 heavy (non-hydrogen) atoms. The van der Waals surface area contributed by atoms with Crippen molar-refractivity contribution in [3.8, 4) is 0 Å². The molecule has 0 fully saturated rings. The van der Waals surface area contributed by atoms with Gasteiger partial charge in [0.25, 0.3) is 0 Å². The number of anilines is 1.